The minimum atomic E-state index is -0.0840. The van der Waals surface area contributed by atoms with E-state index in [1.54, 1.807) is 0 Å². The second-order valence-corrected chi connectivity index (χ2v) is 6.98. The van der Waals surface area contributed by atoms with Gasteiger partial charge in [-0.1, -0.05) is 30.3 Å². The molecule has 1 fully saturated rings. The highest BCUT2D eigenvalue weighted by Gasteiger charge is 2.18. The lowest BCUT2D eigenvalue weighted by Crippen LogP contribution is -2.33. The van der Waals surface area contributed by atoms with Crippen LogP contribution in [0.1, 0.15) is 24.0 Å². The largest absolute Gasteiger partial charge is 0.371 e. The molecule has 1 heterocycles. The Balaban J connectivity index is 1.31. The topological polar surface area (TPSA) is 50.4 Å². The summed E-state index contributed by atoms with van der Waals surface area (Å²) >= 11 is 0. The summed E-state index contributed by atoms with van der Waals surface area (Å²) in [5.41, 5.74) is 6.05. The summed E-state index contributed by atoms with van der Waals surface area (Å²) < 4.78 is 5.60. The molecule has 2 N–H and O–H groups in total. The van der Waals surface area contributed by atoms with Gasteiger partial charge in [0.2, 0.25) is 5.91 Å². The second kappa shape index (κ2) is 7.38. The van der Waals surface area contributed by atoms with Gasteiger partial charge in [-0.2, -0.15) is 0 Å². The Kier molecular flexibility index (Phi) is 4.81. The number of amides is 1. The average molecular weight is 336 g/mol. The summed E-state index contributed by atoms with van der Waals surface area (Å²) in [5.74, 6) is 0.444. The molecule has 25 heavy (non-hydrogen) atoms. The third kappa shape index (κ3) is 3.75. The van der Waals surface area contributed by atoms with Gasteiger partial charge >= 0.3 is 0 Å². The maximum absolute atomic E-state index is 12.1. The second-order valence-electron chi connectivity index (χ2n) is 6.98. The number of hydrogen-bond acceptors (Lipinski definition) is 3. The summed E-state index contributed by atoms with van der Waals surface area (Å²) in [6, 6.07) is 14.6. The Bertz CT molecular complexity index is 766. The van der Waals surface area contributed by atoms with Crippen LogP contribution in [0, 0.1) is 5.92 Å². The van der Waals surface area contributed by atoms with Gasteiger partial charge in [0, 0.05) is 12.2 Å². The number of nitrogens with one attached hydrogen (secondary N) is 2. The number of rotatable bonds is 5. The summed E-state index contributed by atoms with van der Waals surface area (Å²) in [6.45, 7) is 2.86. The Morgan fingerprint density at radius 1 is 1.16 bits per heavy atom. The van der Waals surface area contributed by atoms with Crippen molar-refractivity contribution in [3.63, 3.8) is 0 Å². The molecular formula is C21H24N2O2. The standard InChI is InChI=1S/C21H24N2O2/c24-21(14-25-13-15-4-3-9-22-12-15)23-18-7-8-20-17(11-18)10-16-5-1-2-6-19(16)20/h1-2,5-8,11,15,22H,3-4,9-10,12-14H2,(H,23,24)/t15-/m0/s1. The molecule has 4 heteroatoms. The van der Waals surface area contributed by atoms with Crippen LogP contribution in [0.2, 0.25) is 0 Å². The summed E-state index contributed by atoms with van der Waals surface area (Å²) in [6.07, 6.45) is 3.30. The van der Waals surface area contributed by atoms with Crippen molar-refractivity contribution < 1.29 is 9.53 Å². The molecule has 1 amide bonds. The van der Waals surface area contributed by atoms with E-state index in [4.69, 9.17) is 4.74 Å². The van der Waals surface area contributed by atoms with Crippen molar-refractivity contribution in [2.75, 3.05) is 31.6 Å². The van der Waals surface area contributed by atoms with Crippen molar-refractivity contribution in [1.29, 1.82) is 0 Å². The summed E-state index contributed by atoms with van der Waals surface area (Å²) in [4.78, 5) is 12.1. The van der Waals surface area contributed by atoms with Crippen molar-refractivity contribution >= 4 is 11.6 Å². The number of ether oxygens (including phenoxy) is 1. The molecule has 0 saturated carbocycles. The molecule has 130 valence electrons. The van der Waals surface area contributed by atoms with Gasteiger partial charge in [0.05, 0.1) is 6.61 Å². The number of carbonyl (C=O) groups is 1. The lowest BCUT2D eigenvalue weighted by atomic mass is 10.0. The van der Waals surface area contributed by atoms with Gasteiger partial charge in [0.15, 0.2) is 0 Å². The monoisotopic (exact) mass is 336 g/mol. The van der Waals surface area contributed by atoms with Gasteiger partial charge in [-0.15, -0.1) is 0 Å². The van der Waals surface area contributed by atoms with E-state index in [1.807, 2.05) is 6.07 Å². The molecule has 0 bridgehead atoms. The maximum Gasteiger partial charge on any atom is 0.250 e. The van der Waals surface area contributed by atoms with Gasteiger partial charge < -0.3 is 15.4 Å². The predicted molar refractivity (Wildman–Crippen MR) is 99.7 cm³/mol. The molecule has 0 spiro atoms. The van der Waals surface area contributed by atoms with Crippen LogP contribution in [-0.2, 0) is 16.0 Å². The van der Waals surface area contributed by atoms with E-state index in [-0.39, 0.29) is 12.5 Å². The number of benzene rings is 2. The number of anilines is 1. The Morgan fingerprint density at radius 2 is 2.04 bits per heavy atom. The van der Waals surface area contributed by atoms with E-state index in [0.29, 0.717) is 12.5 Å². The van der Waals surface area contributed by atoms with Gasteiger partial charge in [-0.3, -0.25) is 4.79 Å². The molecule has 2 aromatic carbocycles. The molecule has 1 aliphatic heterocycles. The van der Waals surface area contributed by atoms with E-state index in [9.17, 15) is 4.79 Å². The molecule has 4 rings (SSSR count). The van der Waals surface area contributed by atoms with Gasteiger partial charge in [0.25, 0.3) is 0 Å². The zero-order chi connectivity index (χ0) is 17.1. The van der Waals surface area contributed by atoms with Crippen LogP contribution in [0.4, 0.5) is 5.69 Å². The molecule has 1 saturated heterocycles. The van der Waals surface area contributed by atoms with Crippen LogP contribution < -0.4 is 10.6 Å². The fourth-order valence-corrected chi connectivity index (χ4v) is 3.80. The van der Waals surface area contributed by atoms with Gasteiger partial charge in [-0.05, 0) is 66.1 Å². The molecule has 4 nitrogen and oxygen atoms in total. The normalized spacial score (nSPS) is 18.5. The highest BCUT2D eigenvalue weighted by atomic mass is 16.5. The molecule has 1 aliphatic carbocycles. The van der Waals surface area contributed by atoms with Crippen molar-refractivity contribution in [3.05, 3.63) is 53.6 Å². The Hall–Kier alpha value is -2.17. The molecule has 0 unspecified atom stereocenters. The zero-order valence-electron chi connectivity index (χ0n) is 14.4. The highest BCUT2D eigenvalue weighted by molar-refractivity contribution is 5.92. The van der Waals surface area contributed by atoms with Crippen molar-refractivity contribution in [1.82, 2.24) is 5.32 Å². The Labute approximate surface area is 148 Å². The van der Waals surface area contributed by atoms with Crippen LogP contribution in [0.3, 0.4) is 0 Å². The van der Waals surface area contributed by atoms with Crippen molar-refractivity contribution in [2.24, 2.45) is 5.92 Å². The third-order valence-electron chi connectivity index (χ3n) is 5.06. The predicted octanol–water partition coefficient (Wildman–Crippen LogP) is 3.21. The minimum Gasteiger partial charge on any atom is -0.371 e. The minimum absolute atomic E-state index is 0.0840. The average Bonchev–Trinajstić information content (AvgIpc) is 3.00. The van der Waals surface area contributed by atoms with Gasteiger partial charge in [0.1, 0.15) is 6.61 Å². The number of fused-ring (bicyclic) bond motifs is 3. The van der Waals surface area contributed by atoms with Gasteiger partial charge in [-0.25, -0.2) is 0 Å². The van der Waals surface area contributed by atoms with E-state index in [1.165, 1.54) is 35.1 Å². The molecule has 1 atom stereocenters. The fourth-order valence-electron chi connectivity index (χ4n) is 3.80. The van der Waals surface area contributed by atoms with Crippen LogP contribution >= 0.6 is 0 Å². The van der Waals surface area contributed by atoms with Crippen LogP contribution in [0.15, 0.2) is 42.5 Å². The SMILES string of the molecule is O=C(COC[C@H]1CCCNC1)Nc1ccc2c(c1)Cc1ccccc1-2. The van der Waals surface area contributed by atoms with E-state index < -0.39 is 0 Å². The van der Waals surface area contributed by atoms with Crippen LogP contribution in [-0.4, -0.2) is 32.2 Å². The van der Waals surface area contributed by atoms with E-state index in [2.05, 4.69) is 47.0 Å². The van der Waals surface area contributed by atoms with Crippen LogP contribution in [0.25, 0.3) is 11.1 Å². The molecular weight excluding hydrogens is 312 g/mol. The maximum atomic E-state index is 12.1. The van der Waals surface area contributed by atoms with E-state index in [0.717, 1.165) is 25.2 Å². The molecule has 0 radical (unpaired) electrons. The smallest absolute Gasteiger partial charge is 0.250 e. The molecule has 2 aliphatic rings. The number of carbonyl (C=O) groups excluding carboxylic acids is 1. The lowest BCUT2D eigenvalue weighted by Gasteiger charge is -2.22. The number of piperidine rings is 1. The first-order chi connectivity index (χ1) is 12.3. The quantitative estimate of drug-likeness (QED) is 0.752. The van der Waals surface area contributed by atoms with E-state index >= 15 is 0 Å². The third-order valence-corrected chi connectivity index (χ3v) is 5.06. The zero-order valence-corrected chi connectivity index (χ0v) is 14.4. The summed E-state index contributed by atoms with van der Waals surface area (Å²) in [7, 11) is 0. The Morgan fingerprint density at radius 3 is 2.92 bits per heavy atom. The molecule has 2 aromatic rings. The van der Waals surface area contributed by atoms with Crippen LogP contribution in [0.5, 0.6) is 0 Å². The summed E-state index contributed by atoms with van der Waals surface area (Å²) in [5, 5.41) is 6.32. The molecule has 0 aromatic heterocycles. The first-order valence-electron chi connectivity index (χ1n) is 9.09. The first-order valence-corrected chi connectivity index (χ1v) is 9.09. The number of hydrogen-bond donors (Lipinski definition) is 2. The lowest BCUT2D eigenvalue weighted by molar-refractivity contribution is -0.121. The fraction of sp³-hybridized carbons (Fsp3) is 0.381. The highest BCUT2D eigenvalue weighted by Crippen LogP contribution is 2.37. The van der Waals surface area contributed by atoms with Crippen molar-refractivity contribution in [2.45, 2.75) is 19.3 Å². The first kappa shape index (κ1) is 16.3. The van der Waals surface area contributed by atoms with Crippen molar-refractivity contribution in [3.8, 4) is 11.1 Å².